The number of hydrogen-bond acceptors (Lipinski definition) is 2. The van der Waals surface area contributed by atoms with E-state index in [0.29, 0.717) is 17.0 Å². The van der Waals surface area contributed by atoms with Crippen LogP contribution in [-0.4, -0.2) is 0 Å². The summed E-state index contributed by atoms with van der Waals surface area (Å²) in [5.74, 6) is -0.198. The van der Waals surface area contributed by atoms with Gasteiger partial charge in [-0.15, -0.1) is 11.3 Å². The van der Waals surface area contributed by atoms with E-state index in [9.17, 15) is 8.78 Å². The van der Waals surface area contributed by atoms with Crippen LogP contribution in [0.2, 0.25) is 0 Å². The molecule has 2 aromatic rings. The third kappa shape index (κ3) is 2.42. The Morgan fingerprint density at radius 3 is 2.63 bits per heavy atom. The Hall–Kier alpha value is -1.26. The molecule has 1 unspecified atom stereocenters. The third-order valence-electron chi connectivity index (χ3n) is 3.60. The van der Waals surface area contributed by atoms with Crippen molar-refractivity contribution < 1.29 is 8.78 Å². The van der Waals surface area contributed by atoms with Gasteiger partial charge in [-0.2, -0.15) is 0 Å². The van der Waals surface area contributed by atoms with Crippen LogP contribution in [0.1, 0.15) is 29.3 Å². The molecule has 3 rings (SSSR count). The lowest BCUT2D eigenvalue weighted by atomic mass is 10.1. The molecule has 0 radical (unpaired) electrons. The summed E-state index contributed by atoms with van der Waals surface area (Å²) in [6.07, 6.45) is 2.34. The molecule has 0 spiro atoms. The van der Waals surface area contributed by atoms with Crippen molar-refractivity contribution in [3.8, 4) is 10.4 Å². The van der Waals surface area contributed by atoms with Gasteiger partial charge in [-0.1, -0.05) is 0 Å². The second-order valence-corrected chi connectivity index (χ2v) is 6.26. The molecule has 1 aliphatic carbocycles. The molecule has 0 aliphatic heterocycles. The summed E-state index contributed by atoms with van der Waals surface area (Å²) in [5, 5.41) is 0. The molecule has 1 aromatic carbocycles. The first kappa shape index (κ1) is 12.8. The van der Waals surface area contributed by atoms with Gasteiger partial charge in [0.2, 0.25) is 0 Å². The van der Waals surface area contributed by atoms with Crippen LogP contribution in [0.15, 0.2) is 24.3 Å². The minimum Gasteiger partial charge on any atom is -0.323 e. The van der Waals surface area contributed by atoms with E-state index in [2.05, 4.69) is 0 Å². The monoisotopic (exact) mass is 279 g/mol. The minimum absolute atomic E-state index is 0.0390. The number of aryl methyl sites for hydroxylation is 1. The van der Waals surface area contributed by atoms with Gasteiger partial charge in [0.25, 0.3) is 0 Å². The number of halogens is 2. The van der Waals surface area contributed by atoms with Crippen LogP contribution in [0, 0.1) is 24.5 Å². The lowest BCUT2D eigenvalue weighted by Gasteiger charge is -2.06. The van der Waals surface area contributed by atoms with Crippen LogP contribution in [0.4, 0.5) is 8.78 Å². The fourth-order valence-corrected chi connectivity index (χ4v) is 3.32. The zero-order valence-corrected chi connectivity index (χ0v) is 11.4. The molecular weight excluding hydrogens is 264 g/mol. The van der Waals surface area contributed by atoms with E-state index in [0.717, 1.165) is 9.75 Å². The van der Waals surface area contributed by atoms with Gasteiger partial charge in [-0.25, -0.2) is 8.78 Å². The standard InChI is InChI=1S/C15H15F2NS/c1-8-6-12(17)10(7-11(8)16)13-4-5-14(19-13)15(18)9-2-3-9/h4-7,9,15H,2-3,18H2,1H3. The zero-order chi connectivity index (χ0) is 13.6. The van der Waals surface area contributed by atoms with Crippen LogP contribution in [-0.2, 0) is 0 Å². The summed E-state index contributed by atoms with van der Waals surface area (Å²) >= 11 is 1.46. The number of rotatable bonds is 3. The lowest BCUT2D eigenvalue weighted by molar-refractivity contribution is 0.595. The summed E-state index contributed by atoms with van der Waals surface area (Å²) in [7, 11) is 0. The zero-order valence-electron chi connectivity index (χ0n) is 10.6. The van der Waals surface area contributed by atoms with Gasteiger partial charge in [-0.3, -0.25) is 0 Å². The number of nitrogens with two attached hydrogens (primary N) is 1. The van der Waals surface area contributed by atoms with Gasteiger partial charge in [0, 0.05) is 21.4 Å². The summed E-state index contributed by atoms with van der Waals surface area (Å²) < 4.78 is 27.5. The van der Waals surface area contributed by atoms with Gasteiger partial charge in [0.1, 0.15) is 11.6 Å². The van der Waals surface area contributed by atoms with Crippen molar-refractivity contribution >= 4 is 11.3 Å². The van der Waals surface area contributed by atoms with Crippen molar-refractivity contribution in [3.05, 3.63) is 46.3 Å². The Morgan fingerprint density at radius 1 is 1.21 bits per heavy atom. The van der Waals surface area contributed by atoms with Gasteiger partial charge in [0.15, 0.2) is 0 Å². The predicted octanol–water partition coefficient (Wildman–Crippen LogP) is 4.41. The molecule has 1 heterocycles. The van der Waals surface area contributed by atoms with Crippen molar-refractivity contribution in [1.29, 1.82) is 0 Å². The SMILES string of the molecule is Cc1cc(F)c(-c2ccc(C(N)C3CC3)s2)cc1F. The normalized spacial score (nSPS) is 16.6. The average molecular weight is 279 g/mol. The van der Waals surface area contributed by atoms with E-state index in [-0.39, 0.29) is 17.7 Å². The van der Waals surface area contributed by atoms with Crippen molar-refractivity contribution in [3.63, 3.8) is 0 Å². The van der Waals surface area contributed by atoms with Crippen LogP contribution in [0.5, 0.6) is 0 Å². The topological polar surface area (TPSA) is 26.0 Å². The first-order chi connectivity index (χ1) is 9.06. The Morgan fingerprint density at radius 2 is 1.95 bits per heavy atom. The Bertz CT molecular complexity index is 617. The van der Waals surface area contributed by atoms with E-state index < -0.39 is 0 Å². The molecule has 2 N–H and O–H groups in total. The molecule has 1 saturated carbocycles. The van der Waals surface area contributed by atoms with Crippen LogP contribution < -0.4 is 5.73 Å². The van der Waals surface area contributed by atoms with Gasteiger partial charge < -0.3 is 5.73 Å². The molecule has 1 fully saturated rings. The quantitative estimate of drug-likeness (QED) is 0.884. The Balaban J connectivity index is 1.96. The fourth-order valence-electron chi connectivity index (χ4n) is 2.20. The maximum absolute atomic E-state index is 13.9. The highest BCUT2D eigenvalue weighted by molar-refractivity contribution is 7.15. The molecule has 1 atom stereocenters. The van der Waals surface area contributed by atoms with Crippen LogP contribution >= 0.6 is 11.3 Å². The van der Waals surface area contributed by atoms with Crippen LogP contribution in [0.3, 0.4) is 0 Å². The van der Waals surface area contributed by atoms with Crippen molar-refractivity contribution in [2.45, 2.75) is 25.8 Å². The van der Waals surface area contributed by atoms with Gasteiger partial charge in [-0.05, 0) is 55.5 Å². The number of thiophene rings is 1. The number of hydrogen-bond donors (Lipinski definition) is 1. The van der Waals surface area contributed by atoms with E-state index in [4.69, 9.17) is 5.73 Å². The second-order valence-electron chi connectivity index (χ2n) is 5.15. The fraction of sp³-hybridized carbons (Fsp3) is 0.333. The van der Waals surface area contributed by atoms with Crippen molar-refractivity contribution in [2.75, 3.05) is 0 Å². The third-order valence-corrected chi connectivity index (χ3v) is 4.82. The van der Waals surface area contributed by atoms with Crippen molar-refractivity contribution in [1.82, 2.24) is 0 Å². The Kier molecular flexibility index (Phi) is 3.15. The summed E-state index contributed by atoms with van der Waals surface area (Å²) in [5.41, 5.74) is 6.77. The van der Waals surface area contributed by atoms with E-state index in [1.165, 1.54) is 36.3 Å². The van der Waals surface area contributed by atoms with Gasteiger partial charge >= 0.3 is 0 Å². The van der Waals surface area contributed by atoms with Gasteiger partial charge in [0.05, 0.1) is 0 Å². The maximum Gasteiger partial charge on any atom is 0.132 e. The van der Waals surface area contributed by atoms with E-state index >= 15 is 0 Å². The molecule has 0 saturated heterocycles. The predicted molar refractivity (Wildman–Crippen MR) is 74.1 cm³/mol. The molecule has 0 bridgehead atoms. The molecule has 1 aliphatic rings. The highest BCUT2D eigenvalue weighted by Gasteiger charge is 2.30. The molecule has 19 heavy (non-hydrogen) atoms. The molecule has 1 nitrogen and oxygen atoms in total. The largest absolute Gasteiger partial charge is 0.323 e. The summed E-state index contributed by atoms with van der Waals surface area (Å²) in [6, 6.07) is 6.31. The molecule has 100 valence electrons. The van der Waals surface area contributed by atoms with E-state index in [1.54, 1.807) is 6.92 Å². The summed E-state index contributed by atoms with van der Waals surface area (Å²) in [4.78, 5) is 1.79. The highest BCUT2D eigenvalue weighted by atomic mass is 32.1. The van der Waals surface area contributed by atoms with E-state index in [1.807, 2.05) is 12.1 Å². The first-order valence-corrected chi connectivity index (χ1v) is 7.19. The van der Waals surface area contributed by atoms with Crippen LogP contribution in [0.25, 0.3) is 10.4 Å². The second kappa shape index (κ2) is 4.69. The number of benzene rings is 1. The minimum atomic E-state index is -0.382. The smallest absolute Gasteiger partial charge is 0.132 e. The highest BCUT2D eigenvalue weighted by Crippen LogP contribution is 2.43. The maximum atomic E-state index is 13.9. The molecule has 4 heteroatoms. The molecule has 0 amide bonds. The first-order valence-electron chi connectivity index (χ1n) is 6.37. The Labute approximate surface area is 115 Å². The molecule has 1 aromatic heterocycles. The summed E-state index contributed by atoms with van der Waals surface area (Å²) in [6.45, 7) is 1.56. The lowest BCUT2D eigenvalue weighted by Crippen LogP contribution is -2.10. The average Bonchev–Trinajstić information content (AvgIpc) is 3.11. The van der Waals surface area contributed by atoms with Crippen molar-refractivity contribution in [2.24, 2.45) is 11.7 Å². The molecular formula is C15H15F2NS.